The van der Waals surface area contributed by atoms with Gasteiger partial charge in [-0.25, -0.2) is 14.3 Å². The lowest BCUT2D eigenvalue weighted by Crippen LogP contribution is -2.43. The van der Waals surface area contributed by atoms with Gasteiger partial charge < -0.3 is 4.74 Å². The van der Waals surface area contributed by atoms with Gasteiger partial charge in [-0.3, -0.25) is 14.5 Å². The summed E-state index contributed by atoms with van der Waals surface area (Å²) < 4.78 is 32.3. The van der Waals surface area contributed by atoms with E-state index in [-0.39, 0.29) is 20.6 Å². The molecule has 0 bridgehead atoms. The summed E-state index contributed by atoms with van der Waals surface area (Å²) in [6, 6.07) is 10.2. The minimum atomic E-state index is -4.09. The molecule has 7 nitrogen and oxygen atoms in total. The highest BCUT2D eigenvalue weighted by molar-refractivity contribution is 7.92. The highest BCUT2D eigenvalue weighted by Crippen LogP contribution is 2.29. The summed E-state index contributed by atoms with van der Waals surface area (Å²) in [6.45, 7) is 1.80. The van der Waals surface area contributed by atoms with Gasteiger partial charge in [0.15, 0.2) is 0 Å². The van der Waals surface area contributed by atoms with Gasteiger partial charge in [-0.15, -0.1) is 0 Å². The average molecular weight is 418 g/mol. The zero-order chi connectivity index (χ0) is 19.3. The first-order valence-corrected chi connectivity index (χ1v) is 9.69. The Balaban J connectivity index is 2.48. The van der Waals surface area contributed by atoms with Crippen molar-refractivity contribution in [3.05, 3.63) is 52.5 Å². The maximum absolute atomic E-state index is 13.0. The van der Waals surface area contributed by atoms with Crippen LogP contribution in [-0.4, -0.2) is 27.5 Å². The van der Waals surface area contributed by atoms with E-state index in [1.54, 1.807) is 12.1 Å². The Hall–Kier alpha value is -2.00. The smallest absolute Gasteiger partial charge is 0.264 e. The first-order chi connectivity index (χ1) is 12.3. The number of amides is 1. The normalized spacial score (nSPS) is 11.1. The van der Waals surface area contributed by atoms with Gasteiger partial charge in [-0.1, -0.05) is 23.2 Å². The number of hydrogen-bond donors (Lipinski definition) is 2. The summed E-state index contributed by atoms with van der Waals surface area (Å²) in [7, 11) is -4.09. The van der Waals surface area contributed by atoms with Crippen molar-refractivity contribution in [1.29, 1.82) is 0 Å². The Morgan fingerprint density at radius 3 is 2.35 bits per heavy atom. The number of hydrogen-bond acceptors (Lipinski definition) is 5. The predicted molar refractivity (Wildman–Crippen MR) is 101 cm³/mol. The molecule has 0 heterocycles. The molecule has 0 unspecified atom stereocenters. The van der Waals surface area contributed by atoms with Crippen LogP contribution < -0.4 is 20.3 Å². The van der Waals surface area contributed by atoms with Crippen LogP contribution in [0.25, 0.3) is 0 Å². The fourth-order valence-corrected chi connectivity index (χ4v) is 3.94. The van der Waals surface area contributed by atoms with E-state index >= 15 is 0 Å². The maximum atomic E-state index is 13.0. The molecule has 2 aromatic carbocycles. The van der Waals surface area contributed by atoms with Crippen molar-refractivity contribution < 1.29 is 17.9 Å². The summed E-state index contributed by atoms with van der Waals surface area (Å²) in [5.74, 6) is 5.01. The third-order valence-corrected chi connectivity index (χ3v) is 5.87. The highest BCUT2D eigenvalue weighted by Gasteiger charge is 2.27. The number of carbonyl (C=O) groups is 1. The van der Waals surface area contributed by atoms with Crippen molar-refractivity contribution in [2.24, 2.45) is 5.84 Å². The lowest BCUT2D eigenvalue weighted by molar-refractivity contribution is -0.119. The Bertz CT molecular complexity index is 889. The predicted octanol–water partition coefficient (Wildman–Crippen LogP) is 2.58. The summed E-state index contributed by atoms with van der Waals surface area (Å²) in [4.78, 5) is 11.6. The van der Waals surface area contributed by atoms with Crippen molar-refractivity contribution in [3.63, 3.8) is 0 Å². The van der Waals surface area contributed by atoms with E-state index in [9.17, 15) is 13.2 Å². The van der Waals surface area contributed by atoms with Crippen LogP contribution in [0.5, 0.6) is 5.75 Å². The molecule has 1 amide bonds. The first kappa shape index (κ1) is 20.3. The Morgan fingerprint density at radius 1 is 1.15 bits per heavy atom. The molecule has 2 aromatic rings. The first-order valence-electron chi connectivity index (χ1n) is 7.49. The molecule has 0 atom stereocenters. The summed E-state index contributed by atoms with van der Waals surface area (Å²) in [6.07, 6.45) is 0. The molecule has 0 aliphatic heterocycles. The standard InChI is InChI=1S/C16H17Cl2N3O4S/c1-2-25-12-5-3-11(4-6-12)21(10-16(22)20-19)26(23,24)13-7-8-14(17)15(18)9-13/h3-9H,2,10,19H2,1H3,(H,20,22). The minimum absolute atomic E-state index is 0.0858. The van der Waals surface area contributed by atoms with Crippen LogP contribution in [0.15, 0.2) is 47.4 Å². The molecule has 0 fully saturated rings. The topological polar surface area (TPSA) is 102 Å². The summed E-state index contributed by atoms with van der Waals surface area (Å²) in [5, 5.41) is 0.306. The van der Waals surface area contributed by atoms with Gasteiger partial charge in [-0.05, 0) is 49.4 Å². The Morgan fingerprint density at radius 2 is 1.81 bits per heavy atom. The van der Waals surface area contributed by atoms with Gasteiger partial charge in [0.2, 0.25) is 0 Å². The van der Waals surface area contributed by atoms with Crippen molar-refractivity contribution in [1.82, 2.24) is 5.43 Å². The molecule has 0 aliphatic carbocycles. The molecule has 0 saturated carbocycles. The van der Waals surface area contributed by atoms with Gasteiger partial charge in [0.25, 0.3) is 15.9 Å². The molecule has 140 valence electrons. The lowest BCUT2D eigenvalue weighted by atomic mass is 10.3. The fraction of sp³-hybridized carbons (Fsp3) is 0.188. The number of hydrazine groups is 1. The van der Waals surface area contributed by atoms with E-state index < -0.39 is 22.5 Å². The number of nitrogens with one attached hydrogen (secondary N) is 1. The number of rotatable bonds is 7. The van der Waals surface area contributed by atoms with Crippen molar-refractivity contribution in [3.8, 4) is 5.75 Å². The van der Waals surface area contributed by atoms with Crippen LogP contribution in [0.3, 0.4) is 0 Å². The zero-order valence-corrected chi connectivity index (χ0v) is 16.1. The molecule has 3 N–H and O–H groups in total. The van der Waals surface area contributed by atoms with Gasteiger partial charge in [0.05, 0.1) is 27.2 Å². The second-order valence-electron chi connectivity index (χ2n) is 5.08. The maximum Gasteiger partial charge on any atom is 0.264 e. The van der Waals surface area contributed by atoms with E-state index in [1.807, 2.05) is 12.3 Å². The van der Waals surface area contributed by atoms with E-state index in [2.05, 4.69) is 0 Å². The van der Waals surface area contributed by atoms with Crippen LogP contribution >= 0.6 is 23.2 Å². The van der Waals surface area contributed by atoms with Crippen LogP contribution in [0.2, 0.25) is 10.0 Å². The zero-order valence-electron chi connectivity index (χ0n) is 13.8. The third-order valence-electron chi connectivity index (χ3n) is 3.36. The van der Waals surface area contributed by atoms with E-state index in [1.165, 1.54) is 30.3 Å². The number of halogens is 2. The van der Waals surface area contributed by atoms with Crippen LogP contribution in [-0.2, 0) is 14.8 Å². The minimum Gasteiger partial charge on any atom is -0.494 e. The summed E-state index contributed by atoms with van der Waals surface area (Å²) in [5.41, 5.74) is 2.19. The second kappa shape index (κ2) is 8.59. The number of carbonyl (C=O) groups excluding carboxylic acids is 1. The molecule has 0 saturated heterocycles. The van der Waals surface area contributed by atoms with Crippen LogP contribution in [0.1, 0.15) is 6.92 Å². The number of nitrogens with zero attached hydrogens (tertiary/aromatic N) is 1. The summed E-state index contributed by atoms with van der Waals surface area (Å²) >= 11 is 11.8. The molecule has 0 radical (unpaired) electrons. The van der Waals surface area contributed by atoms with Crippen LogP contribution in [0, 0.1) is 0 Å². The molecular weight excluding hydrogens is 401 g/mol. The van der Waals surface area contributed by atoms with Gasteiger partial charge in [0, 0.05) is 0 Å². The third kappa shape index (κ3) is 4.59. The number of ether oxygens (including phenoxy) is 1. The van der Waals surface area contributed by atoms with Gasteiger partial charge in [0.1, 0.15) is 12.3 Å². The molecule has 10 heteroatoms. The quantitative estimate of drug-likeness (QED) is 0.409. The van der Waals surface area contributed by atoms with E-state index in [4.69, 9.17) is 33.8 Å². The number of benzene rings is 2. The van der Waals surface area contributed by atoms with Crippen molar-refractivity contribution in [2.75, 3.05) is 17.5 Å². The van der Waals surface area contributed by atoms with E-state index in [0.717, 1.165) is 4.31 Å². The van der Waals surface area contributed by atoms with Crippen LogP contribution in [0.4, 0.5) is 5.69 Å². The monoisotopic (exact) mass is 417 g/mol. The van der Waals surface area contributed by atoms with Gasteiger partial charge >= 0.3 is 0 Å². The van der Waals surface area contributed by atoms with Crippen molar-refractivity contribution in [2.45, 2.75) is 11.8 Å². The molecule has 2 rings (SSSR count). The molecular formula is C16H17Cl2N3O4S. The lowest BCUT2D eigenvalue weighted by Gasteiger charge is -2.24. The average Bonchev–Trinajstić information content (AvgIpc) is 2.62. The molecule has 26 heavy (non-hydrogen) atoms. The SMILES string of the molecule is CCOc1ccc(N(CC(=O)NN)S(=O)(=O)c2ccc(Cl)c(Cl)c2)cc1. The fourth-order valence-electron chi connectivity index (χ4n) is 2.13. The van der Waals surface area contributed by atoms with Gasteiger partial charge in [-0.2, -0.15) is 0 Å². The number of nitrogens with two attached hydrogens (primary N) is 1. The number of anilines is 1. The Kier molecular flexibility index (Phi) is 6.71. The number of sulfonamides is 1. The Labute approximate surface area is 161 Å². The highest BCUT2D eigenvalue weighted by atomic mass is 35.5. The van der Waals surface area contributed by atoms with Crippen molar-refractivity contribution >= 4 is 44.8 Å². The molecule has 0 aliphatic rings. The largest absolute Gasteiger partial charge is 0.494 e. The second-order valence-corrected chi connectivity index (χ2v) is 7.76. The van der Waals surface area contributed by atoms with E-state index in [0.29, 0.717) is 12.4 Å². The molecule has 0 spiro atoms. The molecule has 0 aromatic heterocycles.